The number of nitrogens with one attached hydrogen (secondary N) is 1. The molecule has 0 aliphatic carbocycles. The maximum absolute atomic E-state index is 12.9. The summed E-state index contributed by atoms with van der Waals surface area (Å²) in [6, 6.07) is 17.0. The Labute approximate surface area is 172 Å². The Balaban J connectivity index is 1.43. The molecule has 3 heterocycles. The minimum Gasteiger partial charge on any atom is -0.347 e. The fourth-order valence-corrected chi connectivity index (χ4v) is 3.86. The molecule has 150 valence electrons. The van der Waals surface area contributed by atoms with Crippen LogP contribution < -0.4 is 10.9 Å². The summed E-state index contributed by atoms with van der Waals surface area (Å²) >= 11 is 0. The number of benzene rings is 2. The van der Waals surface area contributed by atoms with Crippen LogP contribution in [-0.4, -0.2) is 30.5 Å². The summed E-state index contributed by atoms with van der Waals surface area (Å²) in [5.41, 5.74) is 1.28. The zero-order valence-electron chi connectivity index (χ0n) is 16.3. The van der Waals surface area contributed by atoms with Crippen LogP contribution in [0.1, 0.15) is 18.1 Å². The second-order valence-corrected chi connectivity index (χ2v) is 7.29. The lowest BCUT2D eigenvalue weighted by molar-refractivity contribution is -0.122. The van der Waals surface area contributed by atoms with Crippen molar-refractivity contribution in [2.45, 2.75) is 32.5 Å². The van der Waals surface area contributed by atoms with Gasteiger partial charge in [0.05, 0.1) is 17.6 Å². The van der Waals surface area contributed by atoms with E-state index in [1.54, 1.807) is 6.07 Å². The molecule has 8 nitrogen and oxygen atoms in total. The van der Waals surface area contributed by atoms with E-state index in [9.17, 15) is 9.59 Å². The number of aryl methyl sites for hydroxylation is 1. The first-order chi connectivity index (χ1) is 14.7. The molecule has 0 fully saturated rings. The average molecular weight is 400 g/mol. The van der Waals surface area contributed by atoms with Crippen molar-refractivity contribution < 1.29 is 4.79 Å². The van der Waals surface area contributed by atoms with Crippen molar-refractivity contribution in [3.05, 3.63) is 76.6 Å². The highest BCUT2D eigenvalue weighted by Crippen LogP contribution is 2.24. The van der Waals surface area contributed by atoms with Crippen LogP contribution in [0.15, 0.2) is 59.4 Å². The molecule has 0 saturated heterocycles. The Hall–Kier alpha value is -3.81. The largest absolute Gasteiger partial charge is 0.347 e. The Morgan fingerprint density at radius 3 is 2.60 bits per heavy atom. The second-order valence-electron chi connectivity index (χ2n) is 7.29. The van der Waals surface area contributed by atoms with Gasteiger partial charge in [-0.15, -0.1) is 10.2 Å². The standard InChI is InChI=1S/C22H20N6O2/c29-20(23-13-19-25-24-18-11-6-12-27(18)19)14-28-22(30)17-10-5-4-9-16(17)21(26-28)15-7-2-1-3-8-15/h1-5,7-10H,6,11-14H2,(H,23,29). The van der Waals surface area contributed by atoms with Gasteiger partial charge in [-0.1, -0.05) is 48.5 Å². The first kappa shape index (κ1) is 18.2. The van der Waals surface area contributed by atoms with Crippen LogP contribution in [0.2, 0.25) is 0 Å². The average Bonchev–Trinajstić information content (AvgIpc) is 3.39. The van der Waals surface area contributed by atoms with E-state index < -0.39 is 0 Å². The van der Waals surface area contributed by atoms with Gasteiger partial charge >= 0.3 is 0 Å². The van der Waals surface area contributed by atoms with E-state index in [0.29, 0.717) is 11.1 Å². The molecule has 1 amide bonds. The SMILES string of the molecule is O=C(Cn1nc(-c2ccccc2)c2ccccc2c1=O)NCc1nnc2n1CCC2. The van der Waals surface area contributed by atoms with Crippen LogP contribution in [0, 0.1) is 0 Å². The van der Waals surface area contributed by atoms with Crippen molar-refractivity contribution in [1.82, 2.24) is 29.9 Å². The highest BCUT2D eigenvalue weighted by atomic mass is 16.2. The minimum atomic E-state index is -0.297. The molecule has 5 rings (SSSR count). The maximum atomic E-state index is 12.9. The molecule has 0 unspecified atom stereocenters. The number of carbonyl (C=O) groups excluding carboxylic acids is 1. The topological polar surface area (TPSA) is 94.7 Å². The molecule has 0 bridgehead atoms. The third-order valence-corrected chi connectivity index (χ3v) is 5.34. The number of hydrogen-bond donors (Lipinski definition) is 1. The van der Waals surface area contributed by atoms with Gasteiger partial charge in [-0.2, -0.15) is 5.10 Å². The van der Waals surface area contributed by atoms with Gasteiger partial charge in [-0.25, -0.2) is 4.68 Å². The monoisotopic (exact) mass is 400 g/mol. The molecule has 2 aromatic carbocycles. The summed E-state index contributed by atoms with van der Waals surface area (Å²) in [4.78, 5) is 25.5. The third kappa shape index (κ3) is 3.26. The van der Waals surface area contributed by atoms with E-state index in [0.717, 1.165) is 42.0 Å². The van der Waals surface area contributed by atoms with E-state index in [1.165, 1.54) is 4.68 Å². The summed E-state index contributed by atoms with van der Waals surface area (Å²) in [5, 5.41) is 17.0. The lowest BCUT2D eigenvalue weighted by atomic mass is 10.1. The zero-order valence-corrected chi connectivity index (χ0v) is 16.3. The molecule has 1 aliphatic heterocycles. The highest BCUT2D eigenvalue weighted by Gasteiger charge is 2.18. The highest BCUT2D eigenvalue weighted by molar-refractivity contribution is 5.93. The van der Waals surface area contributed by atoms with Gasteiger partial charge in [0.1, 0.15) is 12.4 Å². The molecule has 0 atom stereocenters. The second kappa shape index (κ2) is 7.55. The first-order valence-electron chi connectivity index (χ1n) is 9.93. The molecular weight excluding hydrogens is 380 g/mol. The van der Waals surface area contributed by atoms with Gasteiger partial charge in [0, 0.05) is 23.9 Å². The number of amides is 1. The van der Waals surface area contributed by atoms with E-state index in [1.807, 2.05) is 53.1 Å². The first-order valence-corrected chi connectivity index (χ1v) is 9.93. The van der Waals surface area contributed by atoms with Crippen LogP contribution in [-0.2, 0) is 30.8 Å². The van der Waals surface area contributed by atoms with Gasteiger partial charge in [0.25, 0.3) is 5.56 Å². The van der Waals surface area contributed by atoms with Crippen molar-refractivity contribution in [3.63, 3.8) is 0 Å². The lowest BCUT2D eigenvalue weighted by Gasteiger charge is -2.11. The van der Waals surface area contributed by atoms with E-state index in [-0.39, 0.29) is 24.6 Å². The van der Waals surface area contributed by atoms with Gasteiger partial charge in [-0.05, 0) is 12.5 Å². The Bertz CT molecular complexity index is 1290. The number of hydrogen-bond acceptors (Lipinski definition) is 5. The molecule has 1 aliphatic rings. The molecule has 8 heteroatoms. The molecule has 30 heavy (non-hydrogen) atoms. The smallest absolute Gasteiger partial charge is 0.275 e. The van der Waals surface area contributed by atoms with Crippen molar-refractivity contribution in [2.75, 3.05) is 0 Å². The molecule has 1 N–H and O–H groups in total. The molecule has 0 saturated carbocycles. The Kier molecular flexibility index (Phi) is 4.59. The van der Waals surface area contributed by atoms with Crippen molar-refractivity contribution >= 4 is 16.7 Å². The van der Waals surface area contributed by atoms with Crippen molar-refractivity contribution in [1.29, 1.82) is 0 Å². The number of aromatic nitrogens is 5. The van der Waals surface area contributed by atoms with E-state index in [2.05, 4.69) is 20.6 Å². The van der Waals surface area contributed by atoms with Gasteiger partial charge in [-0.3, -0.25) is 9.59 Å². The number of rotatable bonds is 5. The van der Waals surface area contributed by atoms with Crippen LogP contribution in [0.3, 0.4) is 0 Å². The van der Waals surface area contributed by atoms with Crippen LogP contribution in [0.5, 0.6) is 0 Å². The van der Waals surface area contributed by atoms with Crippen molar-refractivity contribution in [3.8, 4) is 11.3 Å². The predicted octanol–water partition coefficient (Wildman–Crippen LogP) is 1.92. The summed E-state index contributed by atoms with van der Waals surface area (Å²) in [5.74, 6) is 1.40. The molecule has 0 spiro atoms. The third-order valence-electron chi connectivity index (χ3n) is 5.34. The Morgan fingerprint density at radius 2 is 1.77 bits per heavy atom. The molecular formula is C22H20N6O2. The number of fused-ring (bicyclic) bond motifs is 2. The maximum Gasteiger partial charge on any atom is 0.275 e. The quantitative estimate of drug-likeness (QED) is 0.552. The lowest BCUT2D eigenvalue weighted by Crippen LogP contribution is -2.34. The molecule has 2 aromatic heterocycles. The van der Waals surface area contributed by atoms with Crippen LogP contribution in [0.4, 0.5) is 0 Å². The molecule has 0 radical (unpaired) electrons. The Morgan fingerprint density at radius 1 is 1.00 bits per heavy atom. The fraction of sp³-hybridized carbons (Fsp3) is 0.227. The van der Waals surface area contributed by atoms with Crippen molar-refractivity contribution in [2.24, 2.45) is 0 Å². The minimum absolute atomic E-state index is 0.162. The zero-order chi connectivity index (χ0) is 20.5. The van der Waals surface area contributed by atoms with Gasteiger partial charge < -0.3 is 9.88 Å². The summed E-state index contributed by atoms with van der Waals surface area (Å²) in [7, 11) is 0. The fourth-order valence-electron chi connectivity index (χ4n) is 3.86. The number of nitrogens with zero attached hydrogens (tertiary/aromatic N) is 5. The van der Waals surface area contributed by atoms with E-state index >= 15 is 0 Å². The molecule has 4 aromatic rings. The predicted molar refractivity (Wildman–Crippen MR) is 112 cm³/mol. The van der Waals surface area contributed by atoms with Crippen LogP contribution >= 0.6 is 0 Å². The number of carbonyl (C=O) groups is 1. The normalized spacial score (nSPS) is 12.8. The van der Waals surface area contributed by atoms with Crippen LogP contribution in [0.25, 0.3) is 22.0 Å². The van der Waals surface area contributed by atoms with E-state index in [4.69, 9.17) is 0 Å². The summed E-state index contributed by atoms with van der Waals surface area (Å²) in [6.07, 6.45) is 1.96. The summed E-state index contributed by atoms with van der Waals surface area (Å²) < 4.78 is 3.27. The summed E-state index contributed by atoms with van der Waals surface area (Å²) in [6.45, 7) is 0.990. The van der Waals surface area contributed by atoms with Gasteiger partial charge in [0.15, 0.2) is 5.82 Å². The van der Waals surface area contributed by atoms with Gasteiger partial charge in [0.2, 0.25) is 5.91 Å².